The number of Topliss-reactive ketones (excluding diaryl/α,β-unsaturated/α-hetero) is 1. The first-order chi connectivity index (χ1) is 22.8. The Kier molecular flexibility index (Phi) is 10.4. The largest absolute Gasteiger partial charge is 0.485 e. The number of nitrogens with one attached hydrogen (secondary N) is 1. The van der Waals surface area contributed by atoms with E-state index in [-0.39, 0.29) is 18.1 Å². The van der Waals surface area contributed by atoms with Gasteiger partial charge in [0, 0.05) is 70.3 Å². The summed E-state index contributed by atoms with van der Waals surface area (Å²) >= 11 is 0. The number of nitrogens with zero attached hydrogens (tertiary/aromatic N) is 5. The van der Waals surface area contributed by atoms with Crippen LogP contribution in [0.4, 0.5) is 11.6 Å². The summed E-state index contributed by atoms with van der Waals surface area (Å²) in [6, 6.07) is 8.27. The van der Waals surface area contributed by atoms with Gasteiger partial charge in [0.1, 0.15) is 24.0 Å². The van der Waals surface area contributed by atoms with E-state index in [0.29, 0.717) is 63.8 Å². The van der Waals surface area contributed by atoms with Gasteiger partial charge in [-0.15, -0.1) is 0 Å². The van der Waals surface area contributed by atoms with Crippen molar-refractivity contribution in [2.45, 2.75) is 91.0 Å². The maximum absolute atomic E-state index is 13.5. The topological polar surface area (TPSA) is 124 Å². The van der Waals surface area contributed by atoms with E-state index in [2.05, 4.69) is 33.1 Å². The van der Waals surface area contributed by atoms with Gasteiger partial charge < -0.3 is 29.4 Å². The first kappa shape index (κ1) is 33.0. The fraction of sp³-hybridized carbons (Fsp3) is 0.556. The Morgan fingerprint density at radius 1 is 1.13 bits per heavy atom. The number of piperazine rings is 1. The van der Waals surface area contributed by atoms with Gasteiger partial charge in [0.15, 0.2) is 17.9 Å². The van der Waals surface area contributed by atoms with Crippen LogP contribution in [0.5, 0.6) is 5.75 Å². The molecule has 1 saturated heterocycles. The van der Waals surface area contributed by atoms with Gasteiger partial charge in [0.25, 0.3) is 0 Å². The molecule has 4 heterocycles. The number of aryl methyl sites for hydroxylation is 1. The van der Waals surface area contributed by atoms with Gasteiger partial charge in [-0.25, -0.2) is 9.97 Å². The molecule has 3 aliphatic rings. The molecular formula is C36H48N6O5. The van der Waals surface area contributed by atoms with E-state index in [9.17, 15) is 14.7 Å². The van der Waals surface area contributed by atoms with E-state index in [0.717, 1.165) is 66.8 Å². The third kappa shape index (κ3) is 7.96. The zero-order valence-electron chi connectivity index (χ0n) is 28.0. The SMILES string of the molecule is CCC(=O)N1CCN(c2cc(C(=O)CC[C@H](O)CN3CCc4c(ccc(OCc5ocnc5C)c4C)C3)cc(NC3CCC3)n2)CC1. The predicted molar refractivity (Wildman–Crippen MR) is 180 cm³/mol. The molecule has 3 aromatic rings. The molecule has 0 bridgehead atoms. The van der Waals surface area contributed by atoms with Crippen molar-refractivity contribution in [3.05, 3.63) is 64.4 Å². The van der Waals surface area contributed by atoms with Crippen molar-refractivity contribution in [2.24, 2.45) is 0 Å². The lowest BCUT2D eigenvalue weighted by Gasteiger charge is -2.36. The molecule has 0 unspecified atom stereocenters. The standard InChI is InChI=1S/C36H48N6O5/c1-4-36(45)42-16-14-41(15-17-42)35-19-27(18-34(39-35)38-28-6-5-7-28)31(44)10-9-29(43)21-40-13-12-30-24(2)32(11-8-26(30)20-40)46-22-33-25(3)37-23-47-33/h8,11,18-19,23,28-29,43H,4-7,9-10,12-17,20-22H2,1-3H3,(H,38,39)/t29-/m0/s1. The van der Waals surface area contributed by atoms with Crippen LogP contribution in [0, 0.1) is 13.8 Å². The Bertz CT molecular complexity index is 1560. The van der Waals surface area contributed by atoms with Gasteiger partial charge in [0.05, 0.1) is 11.8 Å². The number of hydrogen-bond donors (Lipinski definition) is 2. The van der Waals surface area contributed by atoms with Crippen LogP contribution in [0.25, 0.3) is 0 Å². The normalized spacial score (nSPS) is 17.6. The molecule has 6 rings (SSSR count). The summed E-state index contributed by atoms with van der Waals surface area (Å²) in [7, 11) is 0. The van der Waals surface area contributed by atoms with Crippen LogP contribution in [0.3, 0.4) is 0 Å². The van der Waals surface area contributed by atoms with Gasteiger partial charge in [-0.1, -0.05) is 13.0 Å². The fourth-order valence-electron chi connectivity index (χ4n) is 6.71. The van der Waals surface area contributed by atoms with Crippen LogP contribution in [0.15, 0.2) is 35.1 Å². The summed E-state index contributed by atoms with van der Waals surface area (Å²) in [6.45, 7) is 11.0. The third-order valence-electron chi connectivity index (χ3n) is 9.94. The summed E-state index contributed by atoms with van der Waals surface area (Å²) in [5.41, 5.74) is 5.15. The average molecular weight is 645 g/mol. The van der Waals surface area contributed by atoms with E-state index in [1.54, 1.807) is 0 Å². The molecule has 1 aromatic carbocycles. The van der Waals surface area contributed by atoms with Gasteiger partial charge >= 0.3 is 0 Å². The highest BCUT2D eigenvalue weighted by Crippen LogP contribution is 2.31. The Hall–Kier alpha value is -3.96. The van der Waals surface area contributed by atoms with Gasteiger partial charge in [0.2, 0.25) is 5.91 Å². The molecule has 47 heavy (non-hydrogen) atoms. The molecule has 0 radical (unpaired) electrons. The summed E-state index contributed by atoms with van der Waals surface area (Å²) in [4.78, 5) is 41.0. The van der Waals surface area contributed by atoms with E-state index in [1.165, 1.54) is 23.9 Å². The lowest BCUT2D eigenvalue weighted by Crippen LogP contribution is -2.49. The lowest BCUT2D eigenvalue weighted by atomic mass is 9.93. The van der Waals surface area contributed by atoms with Crippen molar-refractivity contribution in [3.63, 3.8) is 0 Å². The molecule has 1 aliphatic carbocycles. The summed E-state index contributed by atoms with van der Waals surface area (Å²) in [5.74, 6) is 3.26. The van der Waals surface area contributed by atoms with Crippen molar-refractivity contribution in [1.29, 1.82) is 0 Å². The number of pyridine rings is 1. The van der Waals surface area contributed by atoms with Crippen LogP contribution >= 0.6 is 0 Å². The van der Waals surface area contributed by atoms with E-state index < -0.39 is 6.10 Å². The number of carbonyl (C=O) groups excluding carboxylic acids is 2. The van der Waals surface area contributed by atoms with Crippen molar-refractivity contribution in [1.82, 2.24) is 19.8 Å². The number of anilines is 2. The maximum Gasteiger partial charge on any atom is 0.222 e. The number of aliphatic hydroxyl groups excluding tert-OH is 1. The number of hydrogen-bond acceptors (Lipinski definition) is 10. The lowest BCUT2D eigenvalue weighted by molar-refractivity contribution is -0.131. The molecule has 2 fully saturated rings. The van der Waals surface area contributed by atoms with E-state index >= 15 is 0 Å². The summed E-state index contributed by atoms with van der Waals surface area (Å²) in [6.07, 6.45) is 6.31. The maximum atomic E-state index is 13.5. The van der Waals surface area contributed by atoms with E-state index in [1.807, 2.05) is 36.9 Å². The van der Waals surface area contributed by atoms with Gasteiger partial charge in [-0.2, -0.15) is 0 Å². The van der Waals surface area contributed by atoms with Gasteiger partial charge in [-0.05, 0) is 80.8 Å². The van der Waals surface area contributed by atoms with Crippen LogP contribution in [0.2, 0.25) is 0 Å². The molecule has 1 atom stereocenters. The van der Waals surface area contributed by atoms with Crippen LogP contribution in [0.1, 0.15) is 84.0 Å². The van der Waals surface area contributed by atoms with E-state index in [4.69, 9.17) is 14.1 Å². The van der Waals surface area contributed by atoms with Crippen molar-refractivity contribution in [2.75, 3.05) is 49.5 Å². The van der Waals surface area contributed by atoms with Gasteiger partial charge in [-0.3, -0.25) is 14.5 Å². The molecule has 0 spiro atoms. The second-order valence-corrected chi connectivity index (χ2v) is 13.2. The second kappa shape index (κ2) is 14.9. The number of ether oxygens (including phenoxy) is 1. The molecule has 11 nitrogen and oxygen atoms in total. The highest BCUT2D eigenvalue weighted by atomic mass is 16.5. The number of aliphatic hydroxyl groups is 1. The Morgan fingerprint density at radius 2 is 1.94 bits per heavy atom. The minimum Gasteiger partial charge on any atom is -0.485 e. The number of oxazole rings is 1. The smallest absolute Gasteiger partial charge is 0.222 e. The number of amides is 1. The quantitative estimate of drug-likeness (QED) is 0.254. The molecule has 11 heteroatoms. The first-order valence-corrected chi connectivity index (χ1v) is 17.2. The van der Waals surface area contributed by atoms with Crippen molar-refractivity contribution < 1.29 is 23.8 Å². The average Bonchev–Trinajstić information content (AvgIpc) is 3.48. The van der Waals surface area contributed by atoms with Crippen LogP contribution in [-0.4, -0.2) is 88.0 Å². The number of fused-ring (bicyclic) bond motifs is 1. The molecule has 2 N–H and O–H groups in total. The number of benzene rings is 1. The number of rotatable bonds is 13. The highest BCUT2D eigenvalue weighted by molar-refractivity contribution is 5.97. The first-order valence-electron chi connectivity index (χ1n) is 17.2. The van der Waals surface area contributed by atoms with Crippen molar-refractivity contribution in [3.8, 4) is 5.75 Å². The molecule has 1 saturated carbocycles. The molecule has 2 aliphatic heterocycles. The summed E-state index contributed by atoms with van der Waals surface area (Å²) in [5, 5.41) is 14.5. The van der Waals surface area contributed by atoms with Crippen LogP contribution in [-0.2, 0) is 24.4 Å². The molecule has 2 aromatic heterocycles. The Labute approximate surface area is 277 Å². The molecular weight excluding hydrogens is 596 g/mol. The Morgan fingerprint density at radius 3 is 2.64 bits per heavy atom. The number of β-amino-alcohol motifs (C(OH)–C–C–N with tert-alkyl or cyclic N) is 1. The zero-order chi connectivity index (χ0) is 32.9. The predicted octanol–water partition coefficient (Wildman–Crippen LogP) is 4.67. The monoisotopic (exact) mass is 644 g/mol. The minimum atomic E-state index is -0.604. The Balaban J connectivity index is 1.03. The highest BCUT2D eigenvalue weighted by Gasteiger charge is 2.25. The molecule has 1 amide bonds. The minimum absolute atomic E-state index is 0.0109. The number of aromatic nitrogens is 2. The molecule has 252 valence electrons. The van der Waals surface area contributed by atoms with Crippen LogP contribution < -0.4 is 15.0 Å². The summed E-state index contributed by atoms with van der Waals surface area (Å²) < 4.78 is 11.5. The fourth-order valence-corrected chi connectivity index (χ4v) is 6.71. The van der Waals surface area contributed by atoms with Crippen molar-refractivity contribution >= 4 is 23.3 Å². The second-order valence-electron chi connectivity index (χ2n) is 13.2. The third-order valence-corrected chi connectivity index (χ3v) is 9.94. The number of ketones is 1. The zero-order valence-corrected chi connectivity index (χ0v) is 28.0. The number of carbonyl (C=O) groups is 2.